The highest BCUT2D eigenvalue weighted by Gasteiger charge is 2.39. The first-order valence-corrected chi connectivity index (χ1v) is 24.0. The Morgan fingerprint density at radius 3 is 1.88 bits per heavy atom. The van der Waals surface area contributed by atoms with Crippen LogP contribution in [0.1, 0.15) is 37.5 Å². The number of fused-ring (bicyclic) bond motifs is 1. The Balaban J connectivity index is 1.51. The number of nitrogen functional groups attached to an aromatic ring is 1. The van der Waals surface area contributed by atoms with Crippen molar-refractivity contribution in [2.75, 3.05) is 40.2 Å². The van der Waals surface area contributed by atoms with E-state index in [9.17, 15) is 15.0 Å². The fourth-order valence-corrected chi connectivity index (χ4v) is 11.2. The van der Waals surface area contributed by atoms with Gasteiger partial charge >= 0.3 is 6.09 Å². The van der Waals surface area contributed by atoms with E-state index in [1.807, 2.05) is 0 Å². The van der Waals surface area contributed by atoms with Crippen LogP contribution in [-0.2, 0) is 39.7 Å². The van der Waals surface area contributed by atoms with E-state index in [0.29, 0.717) is 45.0 Å². The van der Waals surface area contributed by atoms with Gasteiger partial charge in [-0.3, -0.25) is 0 Å². The molecule has 1 amide bonds. The predicted octanol–water partition coefficient (Wildman–Crippen LogP) is 5.35. The lowest BCUT2D eigenvalue weighted by Crippen LogP contribution is -2.53. The molecule has 358 valence electrons. The van der Waals surface area contributed by atoms with E-state index in [1.165, 1.54) is 25.1 Å². The molecule has 5 aromatic carbocycles. The summed E-state index contributed by atoms with van der Waals surface area (Å²) in [5, 5.41) is 34.1. The van der Waals surface area contributed by atoms with E-state index in [-0.39, 0.29) is 42.5 Å². The van der Waals surface area contributed by atoms with E-state index in [4.69, 9.17) is 19.9 Å². The van der Waals surface area contributed by atoms with Gasteiger partial charge < -0.3 is 40.0 Å². The third-order valence-electron chi connectivity index (χ3n) is 11.0. The van der Waals surface area contributed by atoms with Crippen molar-refractivity contribution < 1.29 is 46.1 Å². The summed E-state index contributed by atoms with van der Waals surface area (Å²) in [6.45, 7) is 3.04. The van der Waals surface area contributed by atoms with Crippen LogP contribution in [-0.4, -0.2) is 119 Å². The number of nitrogens with two attached hydrogens (primary N) is 1. The number of imidazole rings is 1. The minimum absolute atomic E-state index is 0.0691. The van der Waals surface area contributed by atoms with Gasteiger partial charge in [-0.1, -0.05) is 54.6 Å². The largest absolute Gasteiger partial charge is 0.497 e. The smallest absolute Gasteiger partial charge is 0.407 e. The van der Waals surface area contributed by atoms with E-state index in [2.05, 4.69) is 30.1 Å². The standard InChI is InChI=1S/C46H52N10O10S2/c1-46(2,3)55(45(58)59)27-32(28-57)52-67(60,61)39-23-22-36(37-8-7-9-38-41(37)49-44(47)48-38)40(43-50-53-56(51-43)26-31-14-20-35(66-6)21-15-31)42(39)68(62,63)54(24-29-10-16-33(64-4)17-11-29)25-30-12-18-34(65-5)19-13-30/h7-23,32,52,57H,24-28H2,1-6H3,(H,58,59)(H3,47,48,49)/t32-/m0/s1. The number of para-hydroxylation sites is 1. The van der Waals surface area contributed by atoms with Crippen LogP contribution in [0.2, 0.25) is 0 Å². The Morgan fingerprint density at radius 1 is 0.809 bits per heavy atom. The van der Waals surface area contributed by atoms with Crippen LogP contribution in [0.15, 0.2) is 113 Å². The van der Waals surface area contributed by atoms with Crippen LogP contribution >= 0.6 is 0 Å². The number of nitrogens with zero attached hydrogens (tertiary/aromatic N) is 7. The molecule has 6 N–H and O–H groups in total. The van der Waals surface area contributed by atoms with Crippen molar-refractivity contribution in [1.82, 2.24) is 44.1 Å². The molecule has 0 aliphatic carbocycles. The summed E-state index contributed by atoms with van der Waals surface area (Å²) in [6, 6.07) is 26.8. The van der Waals surface area contributed by atoms with Crippen molar-refractivity contribution in [3.05, 3.63) is 120 Å². The number of aromatic amines is 1. The number of carboxylic acid groups (broad SMARTS) is 1. The molecule has 20 nitrogen and oxygen atoms in total. The minimum atomic E-state index is -5.06. The number of aliphatic hydroxyl groups excluding tert-OH is 1. The molecule has 7 rings (SSSR count). The molecule has 0 bridgehead atoms. The molecule has 7 aromatic rings. The summed E-state index contributed by atoms with van der Waals surface area (Å²) in [6.07, 6.45) is -1.37. The molecular weight excluding hydrogens is 917 g/mol. The molecule has 68 heavy (non-hydrogen) atoms. The first kappa shape index (κ1) is 48.8. The number of amides is 1. The number of rotatable bonds is 19. The third kappa shape index (κ3) is 10.7. The number of sulfonamides is 2. The zero-order valence-electron chi connectivity index (χ0n) is 38.1. The van der Waals surface area contributed by atoms with Crippen LogP contribution in [0.5, 0.6) is 17.2 Å². The van der Waals surface area contributed by atoms with E-state index in [1.54, 1.807) is 119 Å². The molecule has 0 fully saturated rings. The first-order valence-electron chi connectivity index (χ1n) is 21.1. The number of hydrogen-bond donors (Lipinski definition) is 5. The summed E-state index contributed by atoms with van der Waals surface area (Å²) in [5.74, 6) is 1.47. The Kier molecular flexibility index (Phi) is 14.4. The molecule has 0 aliphatic rings. The Labute approximate surface area is 393 Å². The Morgan fingerprint density at radius 2 is 1.37 bits per heavy atom. The lowest BCUT2D eigenvalue weighted by molar-refractivity contribution is 0.0878. The van der Waals surface area contributed by atoms with Crippen LogP contribution in [0.3, 0.4) is 0 Å². The SMILES string of the molecule is COc1ccc(CN(Cc2ccc(OC)cc2)S(=O)(=O)c2c(S(=O)(=O)N[C@H](CO)CN(C(=O)O)C(C)(C)C)ccc(-c3cccc4[nH]c(N)nc34)c2-c2nnn(Cc3ccc(OC)cc3)n2)cc1. The Bertz CT molecular complexity index is 3070. The van der Waals surface area contributed by atoms with Gasteiger partial charge in [0.15, 0.2) is 5.95 Å². The maximum atomic E-state index is 16.1. The number of H-pyrrole nitrogens is 1. The predicted molar refractivity (Wildman–Crippen MR) is 253 cm³/mol. The van der Waals surface area contributed by atoms with Crippen molar-refractivity contribution in [1.29, 1.82) is 0 Å². The van der Waals surface area contributed by atoms with Crippen molar-refractivity contribution in [3.8, 4) is 39.8 Å². The number of methoxy groups -OCH3 is 3. The van der Waals surface area contributed by atoms with Crippen molar-refractivity contribution in [2.24, 2.45) is 0 Å². The second-order valence-electron chi connectivity index (χ2n) is 16.7. The molecule has 1 atom stereocenters. The molecule has 2 aromatic heterocycles. The number of hydrogen-bond acceptors (Lipinski definition) is 14. The lowest BCUT2D eigenvalue weighted by atomic mass is 9.98. The van der Waals surface area contributed by atoms with E-state index >= 15 is 16.8 Å². The molecule has 0 aliphatic heterocycles. The number of tetrazole rings is 1. The topological polar surface area (TPSA) is 270 Å². The van der Waals surface area contributed by atoms with Gasteiger partial charge in [-0.2, -0.15) is 9.10 Å². The summed E-state index contributed by atoms with van der Waals surface area (Å²) in [5.41, 5.74) is 8.00. The monoisotopic (exact) mass is 968 g/mol. The molecular formula is C46H52N10O10S2. The molecule has 0 saturated heterocycles. The minimum Gasteiger partial charge on any atom is -0.497 e. The maximum Gasteiger partial charge on any atom is 0.407 e. The average molecular weight is 969 g/mol. The van der Waals surface area contributed by atoms with Gasteiger partial charge in [-0.05, 0) is 96.8 Å². The second kappa shape index (κ2) is 20.0. The maximum absolute atomic E-state index is 16.1. The summed E-state index contributed by atoms with van der Waals surface area (Å²) in [4.78, 5) is 20.6. The number of aliphatic hydroxyl groups is 1. The van der Waals surface area contributed by atoms with Crippen LogP contribution < -0.4 is 24.7 Å². The molecule has 0 spiro atoms. The van der Waals surface area contributed by atoms with Crippen LogP contribution in [0, 0.1) is 0 Å². The number of nitrogens with one attached hydrogen (secondary N) is 2. The number of aromatic nitrogens is 6. The van der Waals surface area contributed by atoms with Gasteiger partial charge in [0, 0.05) is 30.7 Å². The van der Waals surface area contributed by atoms with Crippen molar-refractivity contribution in [2.45, 2.75) is 61.8 Å². The van der Waals surface area contributed by atoms with Crippen molar-refractivity contribution >= 4 is 43.1 Å². The van der Waals surface area contributed by atoms with E-state index in [0.717, 1.165) is 20.8 Å². The normalized spacial score (nSPS) is 12.6. The van der Waals surface area contributed by atoms with Crippen LogP contribution in [0.25, 0.3) is 33.5 Å². The van der Waals surface area contributed by atoms with Gasteiger partial charge in [0.05, 0.1) is 57.1 Å². The van der Waals surface area contributed by atoms with Gasteiger partial charge in [-0.15, -0.1) is 10.2 Å². The molecule has 0 saturated carbocycles. The molecule has 22 heteroatoms. The highest BCUT2D eigenvalue weighted by Crippen LogP contribution is 2.43. The van der Waals surface area contributed by atoms with Gasteiger partial charge in [0.1, 0.15) is 27.0 Å². The lowest BCUT2D eigenvalue weighted by Gasteiger charge is -2.35. The highest BCUT2D eigenvalue weighted by molar-refractivity contribution is 7.92. The number of carbonyl (C=O) groups is 1. The summed E-state index contributed by atoms with van der Waals surface area (Å²) < 4.78 is 82.0. The summed E-state index contributed by atoms with van der Waals surface area (Å²) in [7, 11) is -5.53. The first-order chi connectivity index (χ1) is 32.3. The number of anilines is 1. The van der Waals surface area contributed by atoms with Gasteiger partial charge in [0.2, 0.25) is 25.9 Å². The third-order valence-corrected chi connectivity index (χ3v) is 14.6. The number of ether oxygens (including phenoxy) is 3. The zero-order chi connectivity index (χ0) is 49.0. The number of benzene rings is 5. The molecule has 0 unspecified atom stereocenters. The summed E-state index contributed by atoms with van der Waals surface area (Å²) >= 11 is 0. The zero-order valence-corrected chi connectivity index (χ0v) is 39.7. The van der Waals surface area contributed by atoms with E-state index < -0.39 is 60.7 Å². The average Bonchev–Trinajstić information content (AvgIpc) is 3.95. The fourth-order valence-electron chi connectivity index (χ4n) is 7.55. The highest BCUT2D eigenvalue weighted by atomic mass is 32.2. The van der Waals surface area contributed by atoms with Crippen molar-refractivity contribution in [3.63, 3.8) is 0 Å². The van der Waals surface area contributed by atoms with Crippen LogP contribution in [0.4, 0.5) is 10.7 Å². The second-order valence-corrected chi connectivity index (χ2v) is 20.2. The fraction of sp³-hybridized carbons (Fsp3) is 0.283. The molecule has 2 heterocycles. The quantitative estimate of drug-likeness (QED) is 0.0684. The van der Waals surface area contributed by atoms with Gasteiger partial charge in [-0.25, -0.2) is 31.3 Å². The Hall–Kier alpha value is -7.11. The van der Waals surface area contributed by atoms with Gasteiger partial charge in [0.25, 0.3) is 0 Å². The molecule has 0 radical (unpaired) electrons.